The lowest BCUT2D eigenvalue weighted by molar-refractivity contribution is 0.412. The first kappa shape index (κ1) is 13.7. The van der Waals surface area contributed by atoms with E-state index in [2.05, 4.69) is 30.3 Å². The van der Waals surface area contributed by atoms with E-state index in [0.29, 0.717) is 0 Å². The highest BCUT2D eigenvalue weighted by Crippen LogP contribution is 2.39. The zero-order valence-electron chi connectivity index (χ0n) is 12.3. The summed E-state index contributed by atoms with van der Waals surface area (Å²) in [5.74, 6) is 0.852. The molecule has 3 rings (SSSR count). The van der Waals surface area contributed by atoms with Crippen molar-refractivity contribution in [2.45, 2.75) is 31.1 Å². The number of fused-ring (bicyclic) bond motifs is 1. The molecule has 106 valence electrons. The van der Waals surface area contributed by atoms with Crippen molar-refractivity contribution in [1.29, 1.82) is 5.26 Å². The summed E-state index contributed by atoms with van der Waals surface area (Å²) >= 11 is 0. The molecule has 1 atom stereocenters. The number of methoxy groups -OCH3 is 1. The largest absolute Gasteiger partial charge is 0.497 e. The highest BCUT2D eigenvalue weighted by molar-refractivity contribution is 5.44. The van der Waals surface area contributed by atoms with Gasteiger partial charge in [-0.1, -0.05) is 36.4 Å². The Morgan fingerprint density at radius 2 is 2.05 bits per heavy atom. The number of hydrogen-bond acceptors (Lipinski definition) is 2. The highest BCUT2D eigenvalue weighted by atomic mass is 16.5. The Morgan fingerprint density at radius 1 is 1.19 bits per heavy atom. The van der Waals surface area contributed by atoms with Gasteiger partial charge in [-0.15, -0.1) is 0 Å². The summed E-state index contributed by atoms with van der Waals surface area (Å²) in [5, 5.41) is 9.89. The van der Waals surface area contributed by atoms with Crippen molar-refractivity contribution < 1.29 is 4.74 Å². The number of nitriles is 1. The van der Waals surface area contributed by atoms with Gasteiger partial charge in [-0.25, -0.2) is 0 Å². The molecular weight excluding hydrogens is 258 g/mol. The third-order valence-electron chi connectivity index (χ3n) is 4.44. The van der Waals surface area contributed by atoms with Gasteiger partial charge in [-0.05, 0) is 54.5 Å². The minimum Gasteiger partial charge on any atom is -0.497 e. The van der Waals surface area contributed by atoms with Crippen LogP contribution in [0.15, 0.2) is 48.5 Å². The monoisotopic (exact) mass is 277 g/mol. The van der Waals surface area contributed by atoms with Crippen LogP contribution in [-0.2, 0) is 18.3 Å². The van der Waals surface area contributed by atoms with Crippen LogP contribution in [0.1, 0.15) is 29.5 Å². The van der Waals surface area contributed by atoms with Crippen LogP contribution in [0.2, 0.25) is 0 Å². The minimum atomic E-state index is -0.402. The molecule has 0 saturated carbocycles. The van der Waals surface area contributed by atoms with Crippen LogP contribution in [0, 0.1) is 11.3 Å². The van der Waals surface area contributed by atoms with E-state index in [-0.39, 0.29) is 0 Å². The van der Waals surface area contributed by atoms with Crippen LogP contribution in [0.3, 0.4) is 0 Å². The SMILES string of the molecule is COc1cccc(CC2(C#N)CCCc3ccccc32)c1. The summed E-state index contributed by atoms with van der Waals surface area (Å²) < 4.78 is 5.30. The van der Waals surface area contributed by atoms with E-state index >= 15 is 0 Å². The molecule has 0 aliphatic heterocycles. The van der Waals surface area contributed by atoms with Gasteiger partial charge in [-0.3, -0.25) is 0 Å². The standard InChI is InChI=1S/C19H19NO/c1-21-17-9-4-6-15(12-17)13-19(14-20)11-5-8-16-7-2-3-10-18(16)19/h2-4,6-7,9-10,12H,5,8,11,13H2,1H3. The topological polar surface area (TPSA) is 33.0 Å². The summed E-state index contributed by atoms with van der Waals surface area (Å²) in [6.07, 6.45) is 3.84. The van der Waals surface area contributed by atoms with Crippen molar-refractivity contribution in [3.8, 4) is 11.8 Å². The second-order valence-electron chi connectivity index (χ2n) is 5.73. The van der Waals surface area contributed by atoms with Gasteiger partial charge in [0.2, 0.25) is 0 Å². The quantitative estimate of drug-likeness (QED) is 0.848. The Labute approximate surface area is 126 Å². The molecule has 2 heteroatoms. The molecular formula is C19H19NO. The normalized spacial score (nSPS) is 20.4. The Hall–Kier alpha value is -2.27. The van der Waals surface area contributed by atoms with E-state index in [9.17, 15) is 5.26 Å². The van der Waals surface area contributed by atoms with Gasteiger partial charge in [0.25, 0.3) is 0 Å². The molecule has 0 fully saturated rings. The molecule has 1 aliphatic carbocycles. The third kappa shape index (κ3) is 2.52. The molecule has 1 unspecified atom stereocenters. The zero-order chi connectivity index (χ0) is 14.7. The van der Waals surface area contributed by atoms with Crippen molar-refractivity contribution in [2.24, 2.45) is 0 Å². The zero-order valence-corrected chi connectivity index (χ0v) is 12.3. The van der Waals surface area contributed by atoms with E-state index in [1.165, 1.54) is 11.1 Å². The molecule has 2 aromatic carbocycles. The molecule has 2 aromatic rings. The fourth-order valence-electron chi connectivity index (χ4n) is 3.39. The second-order valence-corrected chi connectivity index (χ2v) is 5.73. The van der Waals surface area contributed by atoms with Gasteiger partial charge in [-0.2, -0.15) is 5.26 Å². The predicted molar refractivity (Wildman–Crippen MR) is 83.4 cm³/mol. The summed E-state index contributed by atoms with van der Waals surface area (Å²) in [5.41, 5.74) is 3.30. The van der Waals surface area contributed by atoms with Crippen molar-refractivity contribution >= 4 is 0 Å². The summed E-state index contributed by atoms with van der Waals surface area (Å²) in [7, 11) is 1.68. The molecule has 0 heterocycles. The van der Waals surface area contributed by atoms with Crippen molar-refractivity contribution in [3.63, 3.8) is 0 Å². The van der Waals surface area contributed by atoms with E-state index in [1.807, 2.05) is 24.3 Å². The highest BCUT2D eigenvalue weighted by Gasteiger charge is 2.36. The van der Waals surface area contributed by atoms with Gasteiger partial charge in [0.1, 0.15) is 5.75 Å². The van der Waals surface area contributed by atoms with Crippen LogP contribution in [0.4, 0.5) is 0 Å². The fraction of sp³-hybridized carbons (Fsp3) is 0.316. The van der Waals surface area contributed by atoms with E-state index in [4.69, 9.17) is 4.74 Å². The van der Waals surface area contributed by atoms with Crippen molar-refractivity contribution in [2.75, 3.05) is 7.11 Å². The average Bonchev–Trinajstić information content (AvgIpc) is 2.55. The van der Waals surface area contributed by atoms with Crippen LogP contribution < -0.4 is 4.74 Å². The first-order valence-electron chi connectivity index (χ1n) is 7.40. The number of ether oxygens (including phenoxy) is 1. The third-order valence-corrected chi connectivity index (χ3v) is 4.44. The maximum Gasteiger partial charge on any atom is 0.119 e. The van der Waals surface area contributed by atoms with Gasteiger partial charge in [0.05, 0.1) is 18.6 Å². The van der Waals surface area contributed by atoms with E-state index in [0.717, 1.165) is 37.0 Å². The molecule has 0 amide bonds. The molecule has 0 aromatic heterocycles. The molecule has 2 nitrogen and oxygen atoms in total. The van der Waals surface area contributed by atoms with Crippen molar-refractivity contribution in [1.82, 2.24) is 0 Å². The number of hydrogen-bond donors (Lipinski definition) is 0. The molecule has 0 spiro atoms. The maximum atomic E-state index is 9.89. The van der Waals surface area contributed by atoms with Crippen molar-refractivity contribution in [3.05, 3.63) is 65.2 Å². The minimum absolute atomic E-state index is 0.402. The van der Waals surface area contributed by atoms with E-state index in [1.54, 1.807) is 7.11 Å². The average molecular weight is 277 g/mol. The lowest BCUT2D eigenvalue weighted by Gasteiger charge is -2.33. The number of benzene rings is 2. The second kappa shape index (κ2) is 5.61. The Kier molecular flexibility index (Phi) is 3.66. The first-order chi connectivity index (χ1) is 10.3. The Bertz CT molecular complexity index is 686. The van der Waals surface area contributed by atoms with Gasteiger partial charge < -0.3 is 4.74 Å². The molecule has 0 bridgehead atoms. The number of nitrogens with zero attached hydrogens (tertiary/aromatic N) is 1. The number of aryl methyl sites for hydroxylation is 1. The summed E-state index contributed by atoms with van der Waals surface area (Å²) in [4.78, 5) is 0. The molecule has 0 radical (unpaired) electrons. The van der Waals surface area contributed by atoms with Crippen LogP contribution in [-0.4, -0.2) is 7.11 Å². The summed E-state index contributed by atoms with van der Waals surface area (Å²) in [6, 6.07) is 19.1. The van der Waals surface area contributed by atoms with Gasteiger partial charge >= 0.3 is 0 Å². The molecule has 0 N–H and O–H groups in total. The molecule has 21 heavy (non-hydrogen) atoms. The van der Waals surface area contributed by atoms with Crippen LogP contribution in [0.5, 0.6) is 5.75 Å². The lowest BCUT2D eigenvalue weighted by atomic mass is 9.68. The fourth-order valence-corrected chi connectivity index (χ4v) is 3.39. The van der Waals surface area contributed by atoms with Gasteiger partial charge in [0, 0.05) is 0 Å². The van der Waals surface area contributed by atoms with Gasteiger partial charge in [0.15, 0.2) is 0 Å². The maximum absolute atomic E-state index is 9.89. The smallest absolute Gasteiger partial charge is 0.119 e. The molecule has 0 saturated heterocycles. The Balaban J connectivity index is 2.01. The molecule has 1 aliphatic rings. The first-order valence-corrected chi connectivity index (χ1v) is 7.40. The summed E-state index contributed by atoms with van der Waals surface area (Å²) in [6.45, 7) is 0. The number of rotatable bonds is 3. The van der Waals surface area contributed by atoms with E-state index < -0.39 is 5.41 Å². The van der Waals surface area contributed by atoms with Crippen LogP contribution in [0.25, 0.3) is 0 Å². The predicted octanol–water partition coefficient (Wildman–Crippen LogP) is 4.04. The Morgan fingerprint density at radius 3 is 2.86 bits per heavy atom. The lowest BCUT2D eigenvalue weighted by Crippen LogP contribution is -2.31. The van der Waals surface area contributed by atoms with Crippen LogP contribution >= 0.6 is 0 Å².